The molecule has 2 aromatic heterocycles. The van der Waals surface area contributed by atoms with Gasteiger partial charge < -0.3 is 20.5 Å². The molecule has 1 aromatic carbocycles. The van der Waals surface area contributed by atoms with Crippen molar-refractivity contribution in [3.63, 3.8) is 0 Å². The van der Waals surface area contributed by atoms with Crippen LogP contribution in [0, 0.1) is 23.4 Å². The maximum atomic E-state index is 15.2. The van der Waals surface area contributed by atoms with Crippen LogP contribution in [0.25, 0.3) is 11.3 Å². The van der Waals surface area contributed by atoms with Gasteiger partial charge >= 0.3 is 0 Å². The summed E-state index contributed by atoms with van der Waals surface area (Å²) >= 11 is 0. The van der Waals surface area contributed by atoms with Gasteiger partial charge in [0, 0.05) is 43.6 Å². The largest absolute Gasteiger partial charge is 0.388 e. The molecular formula is C30H33F3N4O3. The summed E-state index contributed by atoms with van der Waals surface area (Å²) in [6.07, 6.45) is 4.39. The van der Waals surface area contributed by atoms with Gasteiger partial charge in [-0.1, -0.05) is 6.92 Å². The molecule has 0 bridgehead atoms. The highest BCUT2D eigenvalue weighted by Gasteiger charge is 2.42. The Labute approximate surface area is 231 Å². The number of halogens is 3. The summed E-state index contributed by atoms with van der Waals surface area (Å²) in [5.74, 6) is -3.36. The standard InChI is InChI=1S/C30H33F3N4O3/c1-17-11-18(13-27(34)30(17,2)39)21-5-6-35-16-19(21)12-26(38)25-4-3-22(31)29(36-25)28-23(32)14-20(15-24(28)33)37-7-9-40-10-8-37/h3-6,14-18,27,39H,7-13,34H2,1-2H3/t17-,18+,27+,30+/m0/s1. The first-order valence-corrected chi connectivity index (χ1v) is 13.5. The predicted molar refractivity (Wildman–Crippen MR) is 145 cm³/mol. The molecule has 1 saturated carbocycles. The van der Waals surface area contributed by atoms with Crippen LogP contribution in [-0.2, 0) is 11.2 Å². The quantitative estimate of drug-likeness (QED) is 0.435. The number of hydrogen-bond acceptors (Lipinski definition) is 7. The van der Waals surface area contributed by atoms with Gasteiger partial charge in [0.25, 0.3) is 0 Å². The molecule has 10 heteroatoms. The number of morpholine rings is 1. The van der Waals surface area contributed by atoms with Crippen LogP contribution in [0.3, 0.4) is 0 Å². The molecular weight excluding hydrogens is 521 g/mol. The first-order valence-electron chi connectivity index (χ1n) is 13.5. The third kappa shape index (κ3) is 5.48. The van der Waals surface area contributed by atoms with E-state index in [0.29, 0.717) is 50.4 Å². The van der Waals surface area contributed by atoms with E-state index >= 15 is 8.78 Å². The number of ether oxygens (including phenoxy) is 1. The summed E-state index contributed by atoms with van der Waals surface area (Å²) in [5, 5.41) is 10.7. The van der Waals surface area contributed by atoms with Gasteiger partial charge in [0.05, 0.1) is 24.4 Å². The average Bonchev–Trinajstić information content (AvgIpc) is 2.93. The van der Waals surface area contributed by atoms with Crippen molar-refractivity contribution < 1.29 is 27.8 Å². The number of aromatic nitrogens is 2. The van der Waals surface area contributed by atoms with Crippen LogP contribution < -0.4 is 10.6 Å². The highest BCUT2D eigenvalue weighted by molar-refractivity contribution is 5.96. The van der Waals surface area contributed by atoms with Gasteiger partial charge in [0.2, 0.25) is 0 Å². The van der Waals surface area contributed by atoms with Crippen molar-refractivity contribution in [2.45, 2.75) is 50.7 Å². The second-order valence-electron chi connectivity index (χ2n) is 11.0. The van der Waals surface area contributed by atoms with E-state index in [1.165, 1.54) is 6.07 Å². The number of nitrogens with zero attached hydrogens (tertiary/aromatic N) is 3. The third-order valence-electron chi connectivity index (χ3n) is 8.43. The molecule has 212 valence electrons. The van der Waals surface area contributed by atoms with Crippen LogP contribution in [0.4, 0.5) is 18.9 Å². The molecule has 3 aromatic rings. The fourth-order valence-electron chi connectivity index (χ4n) is 5.74. The van der Waals surface area contributed by atoms with E-state index in [-0.39, 0.29) is 24.0 Å². The number of anilines is 1. The van der Waals surface area contributed by atoms with E-state index in [4.69, 9.17) is 10.5 Å². The molecule has 7 nitrogen and oxygen atoms in total. The van der Waals surface area contributed by atoms with Gasteiger partial charge in [-0.2, -0.15) is 0 Å². The zero-order chi connectivity index (χ0) is 28.6. The zero-order valence-electron chi connectivity index (χ0n) is 22.5. The lowest BCUT2D eigenvalue weighted by molar-refractivity contribution is -0.0464. The summed E-state index contributed by atoms with van der Waals surface area (Å²) in [5.41, 5.74) is 5.90. The number of hydrogen-bond donors (Lipinski definition) is 2. The van der Waals surface area contributed by atoms with Crippen LogP contribution in [0.15, 0.2) is 42.7 Å². The molecule has 0 radical (unpaired) electrons. The van der Waals surface area contributed by atoms with Gasteiger partial charge in [-0.05, 0) is 73.1 Å². The molecule has 0 unspecified atom stereocenters. The molecule has 40 heavy (non-hydrogen) atoms. The van der Waals surface area contributed by atoms with Gasteiger partial charge in [0.15, 0.2) is 5.78 Å². The lowest BCUT2D eigenvalue weighted by Gasteiger charge is -2.44. The normalized spacial score (nSPS) is 25.2. The van der Waals surface area contributed by atoms with Crippen LogP contribution in [-0.4, -0.2) is 58.8 Å². The molecule has 4 atom stereocenters. The van der Waals surface area contributed by atoms with Gasteiger partial charge in [-0.15, -0.1) is 0 Å². The van der Waals surface area contributed by atoms with Crippen molar-refractivity contribution in [2.24, 2.45) is 11.7 Å². The van der Waals surface area contributed by atoms with Crippen LogP contribution in [0.1, 0.15) is 54.2 Å². The lowest BCUT2D eigenvalue weighted by Crippen LogP contribution is -2.54. The molecule has 3 N–H and O–H groups in total. The van der Waals surface area contributed by atoms with Gasteiger partial charge in [0.1, 0.15) is 28.8 Å². The van der Waals surface area contributed by atoms with Crippen molar-refractivity contribution in [3.8, 4) is 11.3 Å². The van der Waals surface area contributed by atoms with Crippen LogP contribution >= 0.6 is 0 Å². The van der Waals surface area contributed by atoms with Crippen molar-refractivity contribution in [1.82, 2.24) is 9.97 Å². The van der Waals surface area contributed by atoms with E-state index in [1.807, 2.05) is 13.0 Å². The lowest BCUT2D eigenvalue weighted by atomic mass is 9.67. The second-order valence-corrected chi connectivity index (χ2v) is 11.0. The Morgan fingerprint density at radius 1 is 1.12 bits per heavy atom. The van der Waals surface area contributed by atoms with Gasteiger partial charge in [-0.3, -0.25) is 9.78 Å². The highest BCUT2D eigenvalue weighted by atomic mass is 19.1. The van der Waals surface area contributed by atoms with Crippen LogP contribution in [0.2, 0.25) is 0 Å². The van der Waals surface area contributed by atoms with E-state index in [9.17, 15) is 14.3 Å². The zero-order valence-corrected chi connectivity index (χ0v) is 22.5. The third-order valence-corrected chi connectivity index (χ3v) is 8.43. The van der Waals surface area contributed by atoms with Crippen molar-refractivity contribution in [3.05, 3.63) is 77.0 Å². The molecule has 2 aliphatic rings. The number of benzene rings is 1. The Balaban J connectivity index is 1.41. The van der Waals surface area contributed by atoms with E-state index in [1.54, 1.807) is 24.2 Å². The number of rotatable bonds is 6. The number of Topliss-reactive ketones (excluding diaryl/α,β-unsaturated/α-hetero) is 1. The molecule has 1 saturated heterocycles. The van der Waals surface area contributed by atoms with E-state index in [0.717, 1.165) is 23.8 Å². The molecule has 0 amide bonds. The smallest absolute Gasteiger partial charge is 0.185 e. The fraction of sp³-hybridized carbons (Fsp3) is 0.433. The minimum atomic E-state index is -0.987. The second kappa shape index (κ2) is 11.3. The van der Waals surface area contributed by atoms with Crippen LogP contribution in [0.5, 0.6) is 0 Å². The maximum Gasteiger partial charge on any atom is 0.185 e. The molecule has 0 spiro atoms. The SMILES string of the molecule is C[C@H]1C[C@@H](c2ccncc2CC(=O)c2ccc(F)c(-c3c(F)cc(N4CCOCC4)cc3F)n2)C[C@@H](N)[C@]1(C)O. The number of aliphatic hydroxyl groups is 1. The summed E-state index contributed by atoms with van der Waals surface area (Å²) < 4.78 is 50.4. The van der Waals surface area contributed by atoms with E-state index in [2.05, 4.69) is 9.97 Å². The number of carbonyl (C=O) groups is 1. The summed E-state index contributed by atoms with van der Waals surface area (Å²) in [6, 6.07) is 5.92. The first kappa shape index (κ1) is 28.2. The predicted octanol–water partition coefficient (Wildman–Crippen LogP) is 4.41. The Hall–Kier alpha value is -3.34. The van der Waals surface area contributed by atoms with Gasteiger partial charge in [-0.25, -0.2) is 18.2 Å². The molecule has 1 aliphatic heterocycles. The molecule has 1 aliphatic carbocycles. The average molecular weight is 555 g/mol. The minimum absolute atomic E-state index is 0.0148. The maximum absolute atomic E-state index is 15.2. The van der Waals surface area contributed by atoms with Crippen molar-refractivity contribution in [2.75, 3.05) is 31.2 Å². The molecule has 5 rings (SSSR count). The fourth-order valence-corrected chi connectivity index (χ4v) is 5.74. The Kier molecular flexibility index (Phi) is 7.94. The first-order chi connectivity index (χ1) is 19.1. The minimum Gasteiger partial charge on any atom is -0.388 e. The van der Waals surface area contributed by atoms with Crippen molar-refractivity contribution in [1.29, 1.82) is 0 Å². The van der Waals surface area contributed by atoms with Crippen molar-refractivity contribution >= 4 is 11.5 Å². The summed E-state index contributed by atoms with van der Waals surface area (Å²) in [6.45, 7) is 5.55. The van der Waals surface area contributed by atoms with E-state index < -0.39 is 46.1 Å². The topological polar surface area (TPSA) is 102 Å². The number of pyridine rings is 2. The Morgan fingerprint density at radius 2 is 1.82 bits per heavy atom. The molecule has 3 heterocycles. The Bertz CT molecular complexity index is 1370. The molecule has 2 fully saturated rings. The highest BCUT2D eigenvalue weighted by Crippen LogP contribution is 2.42. The Morgan fingerprint density at radius 3 is 2.50 bits per heavy atom. The number of ketones is 1. The monoisotopic (exact) mass is 554 g/mol. The number of nitrogens with two attached hydrogens (primary N) is 1. The summed E-state index contributed by atoms with van der Waals surface area (Å²) in [7, 11) is 0. The number of carbonyl (C=O) groups excluding carboxylic acids is 1. The summed E-state index contributed by atoms with van der Waals surface area (Å²) in [4.78, 5) is 23.4.